The zero-order chi connectivity index (χ0) is 36.1. The number of amides is 1. The van der Waals surface area contributed by atoms with Gasteiger partial charge in [0.15, 0.2) is 0 Å². The predicted molar refractivity (Wildman–Crippen MR) is 209 cm³/mol. The van der Waals surface area contributed by atoms with Gasteiger partial charge in [-0.3, -0.25) is 9.32 Å². The molecule has 49 heavy (non-hydrogen) atoms. The summed E-state index contributed by atoms with van der Waals surface area (Å²) in [5.41, 5.74) is 0. The molecule has 0 aliphatic heterocycles. The molecule has 0 rings (SSSR count). The molecule has 0 spiro atoms. The zero-order valence-electron chi connectivity index (χ0n) is 32.6. The Morgan fingerprint density at radius 1 is 0.510 bits per heavy atom. The zero-order valence-corrected chi connectivity index (χ0v) is 33.5. The van der Waals surface area contributed by atoms with Crippen LogP contribution in [0.25, 0.3) is 0 Å². The lowest BCUT2D eigenvalue weighted by molar-refractivity contribution is -0.123. The summed E-state index contributed by atoms with van der Waals surface area (Å²) in [7, 11) is -4.68. The van der Waals surface area contributed by atoms with E-state index in [4.69, 9.17) is 9.79 Å². The molecule has 0 aliphatic carbocycles. The number of nitrogens with one attached hydrogen (secondary N) is 1. The van der Waals surface area contributed by atoms with Gasteiger partial charge >= 0.3 is 7.82 Å². The predicted octanol–water partition coefficient (Wildman–Crippen LogP) is 12.6. The van der Waals surface area contributed by atoms with Crippen molar-refractivity contribution >= 4 is 13.7 Å². The van der Waals surface area contributed by atoms with Crippen molar-refractivity contribution in [3.63, 3.8) is 0 Å². The maximum atomic E-state index is 12.6. The van der Waals surface area contributed by atoms with E-state index in [2.05, 4.69) is 23.7 Å². The summed E-state index contributed by atoms with van der Waals surface area (Å²) in [4.78, 5) is 30.9. The first-order valence-electron chi connectivity index (χ1n) is 21.5. The van der Waals surface area contributed by atoms with E-state index in [1.54, 1.807) is 0 Å². The minimum Gasteiger partial charge on any atom is -0.391 e. The van der Waals surface area contributed by atoms with Gasteiger partial charge in [-0.05, 0) is 12.8 Å². The third kappa shape index (κ3) is 38.6. The second kappa shape index (κ2) is 37.3. The molecule has 0 aromatic rings. The number of unbranched alkanes of at least 4 members (excludes halogenated alkanes) is 31. The fraction of sp³-hybridized carbons (Fsp3) is 0.976. The highest BCUT2D eigenvalue weighted by Crippen LogP contribution is 2.36. The van der Waals surface area contributed by atoms with Crippen molar-refractivity contribution < 1.29 is 28.8 Å². The maximum absolute atomic E-state index is 12.6. The molecule has 4 N–H and O–H groups in total. The SMILES string of the molecule is CCCCCCCCCCCCCCCCCCCCCCC(=O)N[C@@H](COP(=O)(O)O)[C@H](O)CCCCCCCCCCCCCCC. The van der Waals surface area contributed by atoms with E-state index < -0.39 is 26.6 Å². The van der Waals surface area contributed by atoms with Gasteiger partial charge in [0, 0.05) is 6.42 Å². The Hall–Kier alpha value is -0.460. The summed E-state index contributed by atoms with van der Waals surface area (Å²) in [5, 5.41) is 13.5. The van der Waals surface area contributed by atoms with Crippen LogP contribution in [0.4, 0.5) is 0 Å². The van der Waals surface area contributed by atoms with Crippen LogP contribution >= 0.6 is 7.82 Å². The van der Waals surface area contributed by atoms with Crippen LogP contribution in [0.5, 0.6) is 0 Å². The lowest BCUT2D eigenvalue weighted by atomic mass is 10.0. The molecular formula is C41H84NO6P. The van der Waals surface area contributed by atoms with Crippen LogP contribution in [-0.2, 0) is 13.9 Å². The summed E-state index contributed by atoms with van der Waals surface area (Å²) in [6, 6.07) is -0.817. The fourth-order valence-corrected chi connectivity index (χ4v) is 7.17. The Labute approximate surface area is 304 Å². The molecule has 0 radical (unpaired) electrons. The Kier molecular flexibility index (Phi) is 37.0. The van der Waals surface area contributed by atoms with Crippen LogP contribution in [0.2, 0.25) is 0 Å². The van der Waals surface area contributed by atoms with Gasteiger partial charge in [0.2, 0.25) is 5.91 Å². The van der Waals surface area contributed by atoms with E-state index in [0.717, 1.165) is 38.5 Å². The number of hydrogen-bond acceptors (Lipinski definition) is 4. The lowest BCUT2D eigenvalue weighted by Gasteiger charge is -2.24. The highest BCUT2D eigenvalue weighted by molar-refractivity contribution is 7.46. The number of phosphoric acid groups is 1. The first-order chi connectivity index (χ1) is 23.8. The molecule has 0 saturated heterocycles. The van der Waals surface area contributed by atoms with E-state index >= 15 is 0 Å². The summed E-state index contributed by atoms with van der Waals surface area (Å²) in [5.74, 6) is -0.189. The van der Waals surface area contributed by atoms with Crippen LogP contribution in [0.15, 0.2) is 0 Å². The quantitative estimate of drug-likeness (QED) is 0.0370. The largest absolute Gasteiger partial charge is 0.469 e. The minimum absolute atomic E-state index is 0.189. The highest BCUT2D eigenvalue weighted by Gasteiger charge is 2.25. The monoisotopic (exact) mass is 718 g/mol. The molecule has 8 heteroatoms. The molecule has 2 atom stereocenters. The smallest absolute Gasteiger partial charge is 0.391 e. The molecule has 0 unspecified atom stereocenters. The summed E-state index contributed by atoms with van der Waals surface area (Å²) >= 11 is 0. The average molecular weight is 718 g/mol. The molecule has 0 fully saturated rings. The molecule has 1 amide bonds. The molecule has 0 heterocycles. The number of phosphoric ester groups is 1. The molecule has 0 saturated carbocycles. The van der Waals surface area contributed by atoms with E-state index in [-0.39, 0.29) is 5.91 Å². The van der Waals surface area contributed by atoms with E-state index in [1.165, 1.54) is 173 Å². The fourth-order valence-electron chi connectivity index (χ4n) is 6.82. The number of hydrogen-bond donors (Lipinski definition) is 4. The van der Waals surface area contributed by atoms with Crippen LogP contribution in [0.3, 0.4) is 0 Å². The molecule has 0 aromatic heterocycles. The van der Waals surface area contributed by atoms with Crippen molar-refractivity contribution in [3.05, 3.63) is 0 Å². The minimum atomic E-state index is -4.68. The molecule has 0 aromatic carbocycles. The van der Waals surface area contributed by atoms with Gasteiger partial charge in [-0.2, -0.15) is 0 Å². The highest BCUT2D eigenvalue weighted by atomic mass is 31.2. The van der Waals surface area contributed by atoms with Gasteiger partial charge in [-0.25, -0.2) is 4.57 Å². The molecule has 0 aliphatic rings. The van der Waals surface area contributed by atoms with Gasteiger partial charge in [0.05, 0.1) is 18.8 Å². The number of aliphatic hydroxyl groups is 1. The second-order valence-corrected chi connectivity index (χ2v) is 16.3. The molecule has 0 bridgehead atoms. The molecular weight excluding hydrogens is 633 g/mol. The third-order valence-corrected chi connectivity index (χ3v) is 10.6. The van der Waals surface area contributed by atoms with E-state index in [9.17, 15) is 14.5 Å². The van der Waals surface area contributed by atoms with E-state index in [0.29, 0.717) is 12.8 Å². The second-order valence-electron chi connectivity index (χ2n) is 15.0. The van der Waals surface area contributed by atoms with Crippen molar-refractivity contribution in [2.24, 2.45) is 0 Å². The maximum Gasteiger partial charge on any atom is 0.469 e. The van der Waals surface area contributed by atoms with Gasteiger partial charge < -0.3 is 20.2 Å². The standard InChI is InChI=1S/C41H84NO6P/c1-3-5-7-9-11-13-15-17-18-19-20-21-22-23-25-27-29-31-33-35-37-41(44)42-39(38-48-49(45,46)47)40(43)36-34-32-30-28-26-24-16-14-12-10-8-6-4-2/h39-40,43H,3-38H2,1-2H3,(H,42,44)(H2,45,46,47)/t39-,40+/m0/s1. The Bertz CT molecular complexity index is 733. The van der Waals surface area contributed by atoms with Crippen LogP contribution in [0.1, 0.15) is 239 Å². The van der Waals surface area contributed by atoms with Crippen LogP contribution < -0.4 is 5.32 Å². The van der Waals surface area contributed by atoms with Crippen LogP contribution in [-0.4, -0.2) is 39.6 Å². The lowest BCUT2D eigenvalue weighted by Crippen LogP contribution is -2.46. The summed E-state index contributed by atoms with van der Waals surface area (Å²) in [6.45, 7) is 4.14. The Morgan fingerprint density at radius 3 is 1.10 bits per heavy atom. The molecule has 294 valence electrons. The number of carbonyl (C=O) groups excluding carboxylic acids is 1. The van der Waals surface area contributed by atoms with Gasteiger partial charge in [0.1, 0.15) is 0 Å². The van der Waals surface area contributed by atoms with Crippen molar-refractivity contribution in [3.8, 4) is 0 Å². The van der Waals surface area contributed by atoms with Crippen molar-refractivity contribution in [1.29, 1.82) is 0 Å². The average Bonchev–Trinajstić information content (AvgIpc) is 3.07. The van der Waals surface area contributed by atoms with Gasteiger partial charge in [-0.15, -0.1) is 0 Å². The molecule has 7 nitrogen and oxygen atoms in total. The Balaban J connectivity index is 3.83. The van der Waals surface area contributed by atoms with E-state index in [1.807, 2.05) is 0 Å². The van der Waals surface area contributed by atoms with Crippen molar-refractivity contribution in [1.82, 2.24) is 5.32 Å². The number of rotatable bonds is 40. The Morgan fingerprint density at radius 2 is 0.796 bits per heavy atom. The first-order valence-corrected chi connectivity index (χ1v) is 23.0. The van der Waals surface area contributed by atoms with Gasteiger partial charge in [0.25, 0.3) is 0 Å². The number of carbonyl (C=O) groups is 1. The summed E-state index contributed by atoms with van der Waals surface area (Å²) in [6.07, 6.45) is 42.3. The topological polar surface area (TPSA) is 116 Å². The van der Waals surface area contributed by atoms with Gasteiger partial charge in [-0.1, -0.05) is 219 Å². The normalized spacial score (nSPS) is 13.2. The number of aliphatic hydroxyl groups excluding tert-OH is 1. The van der Waals surface area contributed by atoms with Crippen LogP contribution in [0, 0.1) is 0 Å². The first kappa shape index (κ1) is 48.5. The van der Waals surface area contributed by atoms with Crippen molar-refractivity contribution in [2.75, 3.05) is 6.61 Å². The van der Waals surface area contributed by atoms with Crippen molar-refractivity contribution in [2.45, 2.75) is 251 Å². The third-order valence-electron chi connectivity index (χ3n) is 10.1. The summed E-state index contributed by atoms with van der Waals surface area (Å²) < 4.78 is 15.9.